The van der Waals surface area contributed by atoms with Crippen LogP contribution in [0.2, 0.25) is 0 Å². The molecule has 0 aromatic heterocycles. The first-order valence-corrected chi connectivity index (χ1v) is 8.65. The Bertz CT molecular complexity index is 814. The fourth-order valence-corrected chi connectivity index (χ4v) is 2.48. The summed E-state index contributed by atoms with van der Waals surface area (Å²) in [5.74, 6) is -0.0411. The predicted octanol–water partition coefficient (Wildman–Crippen LogP) is 4.19. The summed E-state index contributed by atoms with van der Waals surface area (Å²) in [5.41, 5.74) is 3.94. The van der Waals surface area contributed by atoms with E-state index in [-0.39, 0.29) is 5.91 Å². The van der Waals surface area contributed by atoms with Crippen molar-refractivity contribution in [3.63, 3.8) is 0 Å². The molecule has 2 aromatic rings. The second-order valence-electron chi connectivity index (χ2n) is 6.19. The molecule has 0 spiro atoms. The van der Waals surface area contributed by atoms with Crippen molar-refractivity contribution in [1.82, 2.24) is 0 Å². The molecule has 0 heterocycles. The van der Waals surface area contributed by atoms with Gasteiger partial charge in [0.2, 0.25) is 0 Å². The SMILES string of the molecule is CCOC(=O)c1cccc(NC(=O)C(C)Oc2ccc(C)c(C)c2)c1C. The summed E-state index contributed by atoms with van der Waals surface area (Å²) >= 11 is 0. The predicted molar refractivity (Wildman–Crippen MR) is 102 cm³/mol. The number of benzene rings is 2. The largest absolute Gasteiger partial charge is 0.481 e. The molecule has 5 heteroatoms. The number of carbonyl (C=O) groups is 2. The topological polar surface area (TPSA) is 64.6 Å². The van der Waals surface area contributed by atoms with Gasteiger partial charge in [-0.1, -0.05) is 12.1 Å². The molecule has 0 saturated heterocycles. The van der Waals surface area contributed by atoms with Crippen LogP contribution in [0.4, 0.5) is 5.69 Å². The van der Waals surface area contributed by atoms with Gasteiger partial charge < -0.3 is 14.8 Å². The fourth-order valence-electron chi connectivity index (χ4n) is 2.48. The van der Waals surface area contributed by atoms with Gasteiger partial charge in [-0.15, -0.1) is 0 Å². The molecule has 2 aromatic carbocycles. The van der Waals surface area contributed by atoms with E-state index >= 15 is 0 Å². The quantitative estimate of drug-likeness (QED) is 0.789. The lowest BCUT2D eigenvalue weighted by atomic mass is 10.1. The second kappa shape index (κ2) is 8.52. The number of rotatable bonds is 6. The van der Waals surface area contributed by atoms with E-state index < -0.39 is 12.1 Å². The lowest BCUT2D eigenvalue weighted by molar-refractivity contribution is -0.122. The number of anilines is 1. The van der Waals surface area contributed by atoms with E-state index in [2.05, 4.69) is 5.32 Å². The zero-order valence-electron chi connectivity index (χ0n) is 15.9. The Morgan fingerprint density at radius 2 is 1.81 bits per heavy atom. The van der Waals surface area contributed by atoms with Gasteiger partial charge in [-0.3, -0.25) is 4.79 Å². The van der Waals surface area contributed by atoms with Gasteiger partial charge >= 0.3 is 5.97 Å². The third-order valence-corrected chi connectivity index (χ3v) is 4.25. The molecule has 0 radical (unpaired) electrons. The minimum absolute atomic E-state index is 0.285. The molecule has 26 heavy (non-hydrogen) atoms. The second-order valence-corrected chi connectivity index (χ2v) is 6.19. The van der Waals surface area contributed by atoms with Crippen molar-refractivity contribution in [3.05, 3.63) is 58.7 Å². The van der Waals surface area contributed by atoms with Crippen LogP contribution in [0.1, 0.15) is 40.9 Å². The van der Waals surface area contributed by atoms with Gasteiger partial charge in [0.25, 0.3) is 5.91 Å². The lowest BCUT2D eigenvalue weighted by Crippen LogP contribution is -2.30. The molecule has 0 aliphatic rings. The molecule has 138 valence electrons. The normalized spacial score (nSPS) is 11.6. The third kappa shape index (κ3) is 4.63. The maximum Gasteiger partial charge on any atom is 0.338 e. The van der Waals surface area contributed by atoms with E-state index in [4.69, 9.17) is 9.47 Å². The number of carbonyl (C=O) groups excluding carboxylic acids is 2. The van der Waals surface area contributed by atoms with E-state index in [1.807, 2.05) is 32.0 Å². The summed E-state index contributed by atoms with van der Waals surface area (Å²) in [7, 11) is 0. The Kier molecular flexibility index (Phi) is 6.39. The van der Waals surface area contributed by atoms with Crippen LogP contribution in [0.25, 0.3) is 0 Å². The molecule has 0 bridgehead atoms. The van der Waals surface area contributed by atoms with E-state index in [1.165, 1.54) is 5.56 Å². The van der Waals surface area contributed by atoms with Gasteiger partial charge in [0.1, 0.15) is 5.75 Å². The van der Waals surface area contributed by atoms with Crippen LogP contribution in [-0.2, 0) is 9.53 Å². The van der Waals surface area contributed by atoms with E-state index in [9.17, 15) is 9.59 Å². The summed E-state index contributed by atoms with van der Waals surface area (Å²) in [6.07, 6.45) is -0.678. The van der Waals surface area contributed by atoms with Crippen LogP contribution in [-0.4, -0.2) is 24.6 Å². The number of nitrogens with one attached hydrogen (secondary N) is 1. The molecule has 2 rings (SSSR count). The number of amides is 1. The van der Waals surface area contributed by atoms with Gasteiger partial charge in [-0.2, -0.15) is 0 Å². The van der Waals surface area contributed by atoms with Crippen LogP contribution in [0.3, 0.4) is 0 Å². The summed E-state index contributed by atoms with van der Waals surface area (Å²) in [6, 6.07) is 10.9. The smallest absolute Gasteiger partial charge is 0.338 e. The molecular formula is C21H25NO4. The van der Waals surface area contributed by atoms with Crippen LogP contribution in [0.5, 0.6) is 5.75 Å². The molecule has 1 atom stereocenters. The van der Waals surface area contributed by atoms with Crippen molar-refractivity contribution in [2.24, 2.45) is 0 Å². The first-order valence-electron chi connectivity index (χ1n) is 8.65. The highest BCUT2D eigenvalue weighted by Crippen LogP contribution is 2.21. The van der Waals surface area contributed by atoms with Crippen molar-refractivity contribution in [1.29, 1.82) is 0 Å². The molecule has 5 nitrogen and oxygen atoms in total. The zero-order valence-corrected chi connectivity index (χ0v) is 15.9. The number of esters is 1. The van der Waals surface area contributed by atoms with Crippen molar-refractivity contribution in [2.45, 2.75) is 40.7 Å². The summed E-state index contributed by atoms with van der Waals surface area (Å²) in [5, 5.41) is 2.82. The zero-order chi connectivity index (χ0) is 19.3. The van der Waals surface area contributed by atoms with Crippen molar-refractivity contribution in [2.75, 3.05) is 11.9 Å². The molecule has 1 unspecified atom stereocenters. The van der Waals surface area contributed by atoms with Crippen LogP contribution >= 0.6 is 0 Å². The molecule has 0 fully saturated rings. The molecule has 1 amide bonds. The van der Waals surface area contributed by atoms with E-state index in [1.54, 1.807) is 39.0 Å². The Hall–Kier alpha value is -2.82. The van der Waals surface area contributed by atoms with Crippen LogP contribution < -0.4 is 10.1 Å². The monoisotopic (exact) mass is 355 g/mol. The maximum absolute atomic E-state index is 12.5. The number of hydrogen-bond donors (Lipinski definition) is 1. The molecule has 0 aliphatic carbocycles. The van der Waals surface area contributed by atoms with E-state index in [0.717, 1.165) is 5.56 Å². The minimum atomic E-state index is -0.678. The number of aryl methyl sites for hydroxylation is 2. The standard InChI is InChI=1S/C21H25NO4/c1-6-25-21(24)18-8-7-9-19(15(18)4)22-20(23)16(5)26-17-11-10-13(2)14(3)12-17/h7-12,16H,6H2,1-5H3,(H,22,23). The Morgan fingerprint density at radius 3 is 2.46 bits per heavy atom. The Labute approximate surface area is 154 Å². The number of ether oxygens (including phenoxy) is 2. The first-order chi connectivity index (χ1) is 12.3. The molecule has 1 N–H and O–H groups in total. The Morgan fingerprint density at radius 1 is 1.08 bits per heavy atom. The van der Waals surface area contributed by atoms with Gasteiger partial charge in [-0.05, 0) is 75.6 Å². The molecule has 0 saturated carbocycles. The average Bonchev–Trinajstić information content (AvgIpc) is 2.60. The Balaban J connectivity index is 2.10. The lowest BCUT2D eigenvalue weighted by Gasteiger charge is -2.17. The molecular weight excluding hydrogens is 330 g/mol. The van der Waals surface area contributed by atoms with Gasteiger partial charge in [0, 0.05) is 5.69 Å². The summed E-state index contributed by atoms with van der Waals surface area (Å²) in [4.78, 5) is 24.5. The van der Waals surface area contributed by atoms with E-state index in [0.29, 0.717) is 29.2 Å². The molecule has 0 aliphatic heterocycles. The number of hydrogen-bond acceptors (Lipinski definition) is 4. The maximum atomic E-state index is 12.5. The highest BCUT2D eigenvalue weighted by atomic mass is 16.5. The third-order valence-electron chi connectivity index (χ3n) is 4.25. The van der Waals surface area contributed by atoms with Crippen molar-refractivity contribution in [3.8, 4) is 5.75 Å². The van der Waals surface area contributed by atoms with Gasteiger partial charge in [0.15, 0.2) is 6.10 Å². The van der Waals surface area contributed by atoms with Crippen molar-refractivity contribution < 1.29 is 19.1 Å². The highest BCUT2D eigenvalue weighted by molar-refractivity contribution is 5.98. The highest BCUT2D eigenvalue weighted by Gasteiger charge is 2.18. The van der Waals surface area contributed by atoms with Gasteiger partial charge in [-0.25, -0.2) is 4.79 Å². The fraction of sp³-hybridized carbons (Fsp3) is 0.333. The van der Waals surface area contributed by atoms with Crippen LogP contribution in [0.15, 0.2) is 36.4 Å². The first kappa shape index (κ1) is 19.5. The van der Waals surface area contributed by atoms with Crippen molar-refractivity contribution >= 4 is 17.6 Å². The van der Waals surface area contributed by atoms with Gasteiger partial charge in [0.05, 0.1) is 12.2 Å². The average molecular weight is 355 g/mol. The minimum Gasteiger partial charge on any atom is -0.481 e. The summed E-state index contributed by atoms with van der Waals surface area (Å²) in [6.45, 7) is 9.54. The van der Waals surface area contributed by atoms with Crippen LogP contribution in [0, 0.1) is 20.8 Å². The summed E-state index contributed by atoms with van der Waals surface area (Å²) < 4.78 is 10.8.